The van der Waals surface area contributed by atoms with Gasteiger partial charge in [-0.2, -0.15) is 0 Å². The molecule has 0 unspecified atom stereocenters. The highest BCUT2D eigenvalue weighted by Gasteiger charge is 2.20. The predicted octanol–water partition coefficient (Wildman–Crippen LogP) is 5.43. The number of para-hydroxylation sites is 1. The quantitative estimate of drug-likeness (QED) is 0.293. The Labute approximate surface area is 195 Å². The van der Waals surface area contributed by atoms with Crippen LogP contribution in [0.5, 0.6) is 0 Å². The number of carbonyl (C=O) groups excluding carboxylic acids is 1. The molecule has 2 aromatic carbocycles. The van der Waals surface area contributed by atoms with E-state index in [9.17, 15) is 9.59 Å². The van der Waals surface area contributed by atoms with Crippen LogP contribution in [0.3, 0.4) is 0 Å². The van der Waals surface area contributed by atoms with E-state index >= 15 is 0 Å². The molecule has 2 aromatic heterocycles. The largest absolute Gasteiger partial charge is 0.353 e. The van der Waals surface area contributed by atoms with Gasteiger partial charge < -0.3 is 5.32 Å². The SMILES string of the molecule is CC[C@@H](C)NC(=O)CSc1nc2scc(-c3ccccc3)c2c(=O)n1-c1ccccc1C. The van der Waals surface area contributed by atoms with E-state index in [-0.39, 0.29) is 23.3 Å². The molecule has 0 bridgehead atoms. The lowest BCUT2D eigenvalue weighted by atomic mass is 10.1. The van der Waals surface area contributed by atoms with Crippen molar-refractivity contribution in [2.75, 3.05) is 5.75 Å². The first-order chi connectivity index (χ1) is 15.5. The standard InChI is InChI=1S/C25H25N3O2S2/c1-4-17(3)26-21(29)15-32-25-27-23-22(19(14-31-23)18-11-6-5-7-12-18)24(30)28(25)20-13-9-8-10-16(20)2/h5-14,17H,4,15H2,1-3H3,(H,26,29)/t17-/m1/s1. The van der Waals surface area contributed by atoms with Gasteiger partial charge in [0, 0.05) is 17.0 Å². The zero-order valence-electron chi connectivity index (χ0n) is 18.3. The molecule has 4 aromatic rings. The average molecular weight is 464 g/mol. The van der Waals surface area contributed by atoms with Crippen molar-refractivity contribution < 1.29 is 4.79 Å². The third-order valence-electron chi connectivity index (χ3n) is 5.37. The summed E-state index contributed by atoms with van der Waals surface area (Å²) in [6.45, 7) is 5.99. The fourth-order valence-corrected chi connectivity index (χ4v) is 5.28. The molecule has 0 fully saturated rings. The number of thioether (sulfide) groups is 1. The van der Waals surface area contributed by atoms with E-state index in [0.717, 1.165) is 28.8 Å². The number of benzene rings is 2. The van der Waals surface area contributed by atoms with Gasteiger partial charge in [0.25, 0.3) is 5.56 Å². The van der Waals surface area contributed by atoms with E-state index in [1.54, 1.807) is 4.57 Å². The van der Waals surface area contributed by atoms with Gasteiger partial charge in [0.2, 0.25) is 5.91 Å². The number of nitrogens with one attached hydrogen (secondary N) is 1. The highest BCUT2D eigenvalue weighted by Crippen LogP contribution is 2.33. The molecule has 0 saturated carbocycles. The molecule has 32 heavy (non-hydrogen) atoms. The fourth-order valence-electron chi connectivity index (χ4n) is 3.47. The Bertz CT molecular complexity index is 1310. The number of aryl methyl sites for hydroxylation is 1. The van der Waals surface area contributed by atoms with Crippen molar-refractivity contribution in [3.05, 3.63) is 75.9 Å². The van der Waals surface area contributed by atoms with Crippen LogP contribution in [0.4, 0.5) is 0 Å². The molecule has 1 N–H and O–H groups in total. The first-order valence-electron chi connectivity index (χ1n) is 10.6. The summed E-state index contributed by atoms with van der Waals surface area (Å²) in [7, 11) is 0. The molecule has 7 heteroatoms. The molecule has 0 saturated heterocycles. The van der Waals surface area contributed by atoms with E-state index in [1.807, 2.05) is 80.7 Å². The minimum atomic E-state index is -0.116. The normalized spacial score (nSPS) is 12.1. The molecular formula is C25H25N3O2S2. The monoisotopic (exact) mass is 463 g/mol. The zero-order chi connectivity index (χ0) is 22.7. The van der Waals surface area contributed by atoms with Crippen LogP contribution in [0.2, 0.25) is 0 Å². The van der Waals surface area contributed by atoms with E-state index in [4.69, 9.17) is 4.98 Å². The van der Waals surface area contributed by atoms with Gasteiger partial charge in [-0.15, -0.1) is 11.3 Å². The molecule has 0 spiro atoms. The van der Waals surface area contributed by atoms with E-state index in [1.165, 1.54) is 23.1 Å². The predicted molar refractivity (Wildman–Crippen MR) is 134 cm³/mol. The van der Waals surface area contributed by atoms with Crippen LogP contribution < -0.4 is 10.9 Å². The Kier molecular flexibility index (Phi) is 6.77. The van der Waals surface area contributed by atoms with Crippen LogP contribution >= 0.6 is 23.1 Å². The van der Waals surface area contributed by atoms with Crippen molar-refractivity contribution in [2.45, 2.75) is 38.4 Å². The maximum absolute atomic E-state index is 13.8. The zero-order valence-corrected chi connectivity index (χ0v) is 19.9. The first kappa shape index (κ1) is 22.3. The first-order valence-corrected chi connectivity index (χ1v) is 12.4. The van der Waals surface area contributed by atoms with E-state index in [2.05, 4.69) is 5.32 Å². The van der Waals surface area contributed by atoms with Crippen LogP contribution in [0.1, 0.15) is 25.8 Å². The molecular weight excluding hydrogens is 438 g/mol. The summed E-state index contributed by atoms with van der Waals surface area (Å²) >= 11 is 2.75. The molecule has 0 radical (unpaired) electrons. The van der Waals surface area contributed by atoms with Gasteiger partial charge in [0.05, 0.1) is 16.8 Å². The molecule has 1 amide bonds. The molecule has 1 atom stereocenters. The molecule has 0 aliphatic heterocycles. The number of hydrogen-bond acceptors (Lipinski definition) is 5. The Morgan fingerprint density at radius 1 is 1.16 bits per heavy atom. The maximum Gasteiger partial charge on any atom is 0.268 e. The van der Waals surface area contributed by atoms with Crippen molar-refractivity contribution in [1.29, 1.82) is 0 Å². The van der Waals surface area contributed by atoms with Crippen LogP contribution in [-0.2, 0) is 4.79 Å². The van der Waals surface area contributed by atoms with Gasteiger partial charge in [-0.05, 0) is 37.5 Å². The Hall–Kier alpha value is -2.90. The second-order valence-electron chi connectivity index (χ2n) is 7.68. The van der Waals surface area contributed by atoms with Gasteiger partial charge >= 0.3 is 0 Å². The van der Waals surface area contributed by atoms with Gasteiger partial charge in [-0.1, -0.05) is 67.2 Å². The second kappa shape index (κ2) is 9.71. The van der Waals surface area contributed by atoms with Gasteiger partial charge in [0.1, 0.15) is 4.83 Å². The van der Waals surface area contributed by atoms with Crippen molar-refractivity contribution in [1.82, 2.24) is 14.9 Å². The van der Waals surface area contributed by atoms with Crippen LogP contribution in [0, 0.1) is 6.92 Å². The molecule has 4 rings (SSSR count). The van der Waals surface area contributed by atoms with Crippen LogP contribution in [0.25, 0.3) is 27.0 Å². The summed E-state index contributed by atoms with van der Waals surface area (Å²) in [4.78, 5) is 31.8. The minimum absolute atomic E-state index is 0.0637. The maximum atomic E-state index is 13.8. The number of carbonyl (C=O) groups is 1. The smallest absolute Gasteiger partial charge is 0.268 e. The summed E-state index contributed by atoms with van der Waals surface area (Å²) < 4.78 is 1.65. The number of fused-ring (bicyclic) bond motifs is 1. The summed E-state index contributed by atoms with van der Waals surface area (Å²) in [5.74, 6) is 0.136. The number of amides is 1. The third kappa shape index (κ3) is 4.49. The lowest BCUT2D eigenvalue weighted by Gasteiger charge is -2.15. The lowest BCUT2D eigenvalue weighted by molar-refractivity contribution is -0.119. The molecule has 0 aliphatic rings. The van der Waals surface area contributed by atoms with Crippen LogP contribution in [0.15, 0.2) is 69.9 Å². The highest BCUT2D eigenvalue weighted by atomic mass is 32.2. The summed E-state index contributed by atoms with van der Waals surface area (Å²) in [6.07, 6.45) is 0.867. The van der Waals surface area contributed by atoms with Crippen molar-refractivity contribution in [3.63, 3.8) is 0 Å². The van der Waals surface area contributed by atoms with Gasteiger partial charge in [-0.25, -0.2) is 4.98 Å². The third-order valence-corrected chi connectivity index (χ3v) is 7.18. The lowest BCUT2D eigenvalue weighted by Crippen LogP contribution is -2.33. The van der Waals surface area contributed by atoms with Crippen molar-refractivity contribution in [2.24, 2.45) is 0 Å². The van der Waals surface area contributed by atoms with E-state index in [0.29, 0.717) is 15.4 Å². The second-order valence-corrected chi connectivity index (χ2v) is 9.48. The fraction of sp³-hybridized carbons (Fsp3) is 0.240. The van der Waals surface area contributed by atoms with Gasteiger partial charge in [0.15, 0.2) is 5.16 Å². The summed E-state index contributed by atoms with van der Waals surface area (Å²) in [5.41, 5.74) is 3.51. The molecule has 5 nitrogen and oxygen atoms in total. The number of rotatable bonds is 7. The van der Waals surface area contributed by atoms with Gasteiger partial charge in [-0.3, -0.25) is 14.2 Å². The molecule has 164 valence electrons. The Morgan fingerprint density at radius 3 is 2.59 bits per heavy atom. The number of thiophene rings is 1. The number of hydrogen-bond donors (Lipinski definition) is 1. The highest BCUT2D eigenvalue weighted by molar-refractivity contribution is 7.99. The number of aromatic nitrogens is 2. The number of nitrogens with zero attached hydrogens (tertiary/aromatic N) is 2. The Morgan fingerprint density at radius 2 is 1.88 bits per heavy atom. The molecule has 0 aliphatic carbocycles. The van der Waals surface area contributed by atoms with Crippen LogP contribution in [-0.4, -0.2) is 27.3 Å². The van der Waals surface area contributed by atoms with E-state index < -0.39 is 0 Å². The van der Waals surface area contributed by atoms with Crippen molar-refractivity contribution >= 4 is 39.2 Å². The topological polar surface area (TPSA) is 64.0 Å². The average Bonchev–Trinajstić information content (AvgIpc) is 3.23. The Balaban J connectivity index is 1.84. The molecule has 2 heterocycles. The minimum Gasteiger partial charge on any atom is -0.353 e. The summed E-state index contributed by atoms with van der Waals surface area (Å²) in [5, 5.41) is 6.10. The summed E-state index contributed by atoms with van der Waals surface area (Å²) in [6, 6.07) is 17.8. The van der Waals surface area contributed by atoms with Crippen molar-refractivity contribution in [3.8, 4) is 16.8 Å².